The third-order valence-corrected chi connectivity index (χ3v) is 5.95. The van der Waals surface area contributed by atoms with Gasteiger partial charge in [-0.3, -0.25) is 14.5 Å². The fourth-order valence-corrected chi connectivity index (χ4v) is 4.33. The van der Waals surface area contributed by atoms with E-state index in [2.05, 4.69) is 10.1 Å². The van der Waals surface area contributed by atoms with Gasteiger partial charge in [0.25, 0.3) is 11.8 Å². The van der Waals surface area contributed by atoms with E-state index in [-0.39, 0.29) is 5.70 Å². The average Bonchev–Trinajstić information content (AvgIpc) is 2.74. The van der Waals surface area contributed by atoms with Gasteiger partial charge in [0.05, 0.1) is 6.08 Å². The van der Waals surface area contributed by atoms with Gasteiger partial charge in [0.15, 0.2) is 22.8 Å². The predicted molar refractivity (Wildman–Crippen MR) is 111 cm³/mol. The van der Waals surface area contributed by atoms with Crippen LogP contribution in [0.1, 0.15) is 0 Å². The van der Waals surface area contributed by atoms with Gasteiger partial charge in [0, 0.05) is 0 Å². The standard InChI is InChI=1S/C17H13Cl3N4O6S/c18-17(19,20)8-30-16(27)10-6-12(23-21)31(28)15-13(14(26)24(10)15)22-11(25)7-29-9-4-2-1-3-5-9/h1-6,13,15H,7-8H2,(H,22,25)/t13?,15-,31?/m1/s1. The van der Waals surface area contributed by atoms with Crippen molar-refractivity contribution in [1.29, 1.82) is 0 Å². The summed E-state index contributed by atoms with van der Waals surface area (Å²) in [6.07, 6.45) is 0.918. The molecule has 0 aromatic heterocycles. The van der Waals surface area contributed by atoms with Crippen molar-refractivity contribution in [1.82, 2.24) is 10.2 Å². The van der Waals surface area contributed by atoms with Gasteiger partial charge in [0.2, 0.25) is 3.79 Å². The third kappa shape index (κ3) is 5.25. The zero-order chi connectivity index (χ0) is 22.8. The first-order valence-electron chi connectivity index (χ1n) is 8.51. The van der Waals surface area contributed by atoms with Crippen LogP contribution in [0.3, 0.4) is 0 Å². The van der Waals surface area contributed by atoms with E-state index in [4.69, 9.17) is 49.8 Å². The van der Waals surface area contributed by atoms with E-state index < -0.39 is 62.0 Å². The van der Waals surface area contributed by atoms with Crippen molar-refractivity contribution in [2.75, 3.05) is 13.2 Å². The highest BCUT2D eigenvalue weighted by Gasteiger charge is 2.59. The first kappa shape index (κ1) is 23.2. The highest BCUT2D eigenvalue weighted by atomic mass is 35.6. The molecule has 0 spiro atoms. The van der Waals surface area contributed by atoms with Gasteiger partial charge >= 0.3 is 11.0 Å². The molecule has 2 unspecified atom stereocenters. The van der Waals surface area contributed by atoms with Gasteiger partial charge in [-0.05, 0) is 12.1 Å². The lowest BCUT2D eigenvalue weighted by Crippen LogP contribution is -2.74. The number of nitrogens with one attached hydrogen (secondary N) is 1. The Labute approximate surface area is 193 Å². The summed E-state index contributed by atoms with van der Waals surface area (Å²) < 4.78 is 20.9. The zero-order valence-corrected chi connectivity index (χ0v) is 18.5. The van der Waals surface area contributed by atoms with Crippen molar-refractivity contribution < 1.29 is 32.9 Å². The van der Waals surface area contributed by atoms with Crippen LogP contribution in [-0.4, -0.2) is 65.1 Å². The van der Waals surface area contributed by atoms with Crippen LogP contribution < -0.4 is 10.1 Å². The highest BCUT2D eigenvalue weighted by Crippen LogP contribution is 2.34. The Balaban J connectivity index is 1.71. The maximum Gasteiger partial charge on any atom is 0.383 e. The predicted octanol–water partition coefficient (Wildman–Crippen LogP) is 0.906. The molecule has 0 aliphatic carbocycles. The molecule has 2 amide bonds. The minimum absolute atomic E-state index is 0.373. The molecule has 10 nitrogen and oxygen atoms in total. The maximum atomic E-state index is 12.6. The maximum absolute atomic E-state index is 12.6. The number of hydrogen-bond donors (Lipinski definition) is 1. The molecular weight excluding hydrogens is 495 g/mol. The van der Waals surface area contributed by atoms with Gasteiger partial charge in [-0.15, -0.1) is 0 Å². The van der Waals surface area contributed by atoms with E-state index in [9.17, 15) is 18.6 Å². The normalized spacial score (nSPS) is 22.5. The number of halogens is 3. The molecule has 1 aromatic rings. The first-order chi connectivity index (χ1) is 14.6. The van der Waals surface area contributed by atoms with E-state index in [0.29, 0.717) is 5.75 Å². The molecule has 3 rings (SSSR count). The SMILES string of the molecule is [N-]=[N+]=C1C=C(C(=O)OCC(Cl)(Cl)Cl)N2C(=O)C(NC(=O)COc3ccccc3)[C@H]2S1=O. The summed E-state index contributed by atoms with van der Waals surface area (Å²) in [5.41, 5.74) is 8.74. The second kappa shape index (κ2) is 9.37. The number of benzene rings is 1. The molecule has 1 fully saturated rings. The fourth-order valence-electron chi connectivity index (χ4n) is 2.77. The number of nitrogens with zero attached hydrogens (tertiary/aromatic N) is 3. The summed E-state index contributed by atoms with van der Waals surface area (Å²) in [7, 11) is -2.04. The molecule has 31 heavy (non-hydrogen) atoms. The molecule has 2 heterocycles. The lowest BCUT2D eigenvalue weighted by Gasteiger charge is -2.46. The number of rotatable bonds is 6. The highest BCUT2D eigenvalue weighted by molar-refractivity contribution is 8.01. The van der Waals surface area contributed by atoms with Crippen molar-refractivity contribution >= 4 is 68.4 Å². The van der Waals surface area contributed by atoms with Crippen molar-refractivity contribution in [3.05, 3.63) is 47.6 Å². The average molecular weight is 508 g/mol. The second-order valence-electron chi connectivity index (χ2n) is 6.20. The van der Waals surface area contributed by atoms with E-state index in [1.165, 1.54) is 0 Å². The number of carbonyl (C=O) groups is 3. The first-order valence-corrected chi connectivity index (χ1v) is 10.9. The quantitative estimate of drug-likeness (QED) is 0.200. The Morgan fingerprint density at radius 1 is 1.26 bits per heavy atom. The van der Waals surface area contributed by atoms with E-state index in [1.54, 1.807) is 30.3 Å². The van der Waals surface area contributed by atoms with E-state index in [1.807, 2.05) is 0 Å². The Morgan fingerprint density at radius 3 is 2.55 bits per heavy atom. The van der Waals surface area contributed by atoms with Crippen molar-refractivity contribution in [3.63, 3.8) is 0 Å². The largest absolute Gasteiger partial charge is 0.484 e. The Kier molecular flexibility index (Phi) is 7.03. The van der Waals surface area contributed by atoms with Crippen LogP contribution in [0.2, 0.25) is 0 Å². The topological polar surface area (TPSA) is 138 Å². The van der Waals surface area contributed by atoms with Gasteiger partial charge in [0.1, 0.15) is 24.1 Å². The summed E-state index contributed by atoms with van der Waals surface area (Å²) in [6.45, 7) is -1.02. The second-order valence-corrected chi connectivity index (χ2v) is 10.2. The molecule has 1 saturated heterocycles. The lowest BCUT2D eigenvalue weighted by atomic mass is 10.1. The molecule has 1 N–H and O–H groups in total. The Hall–Kier alpha value is -2.43. The molecule has 164 valence electrons. The van der Waals surface area contributed by atoms with Crippen LogP contribution in [0, 0.1) is 0 Å². The summed E-state index contributed by atoms with van der Waals surface area (Å²) in [5, 5.41) is 0.810. The number of amides is 2. The van der Waals surface area contributed by atoms with Crippen LogP contribution in [-0.2, 0) is 29.9 Å². The number of ether oxygens (including phenoxy) is 2. The van der Waals surface area contributed by atoms with Crippen molar-refractivity contribution in [2.24, 2.45) is 0 Å². The number of β-lactam (4-membered cyclic amide) rings is 1. The van der Waals surface area contributed by atoms with E-state index in [0.717, 1.165) is 11.0 Å². The van der Waals surface area contributed by atoms with Crippen LogP contribution in [0.5, 0.6) is 5.75 Å². The van der Waals surface area contributed by atoms with E-state index >= 15 is 0 Å². The van der Waals surface area contributed by atoms with Crippen LogP contribution in [0.15, 0.2) is 42.1 Å². The van der Waals surface area contributed by atoms with Gasteiger partial charge in [-0.1, -0.05) is 53.0 Å². The summed E-state index contributed by atoms with van der Waals surface area (Å²) in [6, 6.07) is 7.26. The number of para-hydroxylation sites is 1. The number of carbonyl (C=O) groups excluding carboxylic acids is 3. The molecule has 1 aromatic carbocycles. The van der Waals surface area contributed by atoms with Gasteiger partial charge < -0.3 is 20.3 Å². The molecule has 2 aliphatic rings. The number of fused-ring (bicyclic) bond motifs is 1. The molecule has 3 atom stereocenters. The molecule has 0 saturated carbocycles. The summed E-state index contributed by atoms with van der Waals surface area (Å²) in [5.74, 6) is -2.01. The Bertz CT molecular complexity index is 1020. The van der Waals surface area contributed by atoms with Crippen LogP contribution >= 0.6 is 34.8 Å². The molecular formula is C17H13Cl3N4O6S. The number of hydrogen-bond acceptors (Lipinski definition) is 6. The third-order valence-electron chi connectivity index (χ3n) is 4.09. The van der Waals surface area contributed by atoms with Crippen molar-refractivity contribution in [3.8, 4) is 5.75 Å². The minimum Gasteiger partial charge on any atom is -0.484 e. The molecule has 0 radical (unpaired) electrons. The summed E-state index contributed by atoms with van der Waals surface area (Å²) in [4.78, 5) is 40.8. The number of esters is 1. The smallest absolute Gasteiger partial charge is 0.383 e. The lowest BCUT2D eigenvalue weighted by molar-refractivity contribution is -0.153. The summed E-state index contributed by atoms with van der Waals surface area (Å²) >= 11 is 16.6. The monoisotopic (exact) mass is 506 g/mol. The van der Waals surface area contributed by atoms with Crippen molar-refractivity contribution in [2.45, 2.75) is 15.2 Å². The molecule has 2 aliphatic heterocycles. The van der Waals surface area contributed by atoms with Crippen LogP contribution in [0.25, 0.3) is 5.53 Å². The van der Waals surface area contributed by atoms with Gasteiger partial charge in [-0.2, -0.15) is 4.79 Å². The number of alkyl halides is 3. The zero-order valence-electron chi connectivity index (χ0n) is 15.4. The molecule has 14 heteroatoms. The van der Waals surface area contributed by atoms with Gasteiger partial charge in [-0.25, -0.2) is 9.00 Å². The Morgan fingerprint density at radius 2 is 1.94 bits per heavy atom. The minimum atomic E-state index is -2.04. The molecule has 0 bridgehead atoms. The fraction of sp³-hybridized carbons (Fsp3) is 0.294. The van der Waals surface area contributed by atoms with Crippen LogP contribution in [0.4, 0.5) is 0 Å².